The second kappa shape index (κ2) is 7.46. The molecule has 0 saturated carbocycles. The first kappa shape index (κ1) is 15.1. The molecule has 0 spiro atoms. The zero-order chi connectivity index (χ0) is 14.4. The maximum atomic E-state index is 12.3. The maximum Gasteiger partial charge on any atom is 0.303 e. The fraction of sp³-hybridized carbons (Fsp3) is 0.750. The van der Waals surface area contributed by atoms with Crippen molar-refractivity contribution in [2.75, 3.05) is 13.1 Å². The smallest absolute Gasteiger partial charge is 0.303 e. The Kier molecular flexibility index (Phi) is 5.62. The first-order valence-electron chi connectivity index (χ1n) is 7.82. The maximum absolute atomic E-state index is 12.3. The Bertz CT molecular complexity index is 389. The first-order valence-corrected chi connectivity index (χ1v) is 7.82. The van der Waals surface area contributed by atoms with E-state index in [1.807, 2.05) is 4.90 Å². The first-order chi connectivity index (χ1) is 9.65. The number of carboxylic acids is 1. The van der Waals surface area contributed by atoms with Gasteiger partial charge in [0.15, 0.2) is 0 Å². The van der Waals surface area contributed by atoms with Crippen molar-refractivity contribution in [2.24, 2.45) is 5.92 Å². The average Bonchev–Trinajstić information content (AvgIpc) is 2.46. The van der Waals surface area contributed by atoms with Crippen molar-refractivity contribution in [1.29, 1.82) is 0 Å². The Labute approximate surface area is 120 Å². The van der Waals surface area contributed by atoms with Crippen LogP contribution >= 0.6 is 0 Å². The lowest BCUT2D eigenvalue weighted by molar-refractivity contribution is -0.137. The normalized spacial score (nSPS) is 23.3. The van der Waals surface area contributed by atoms with E-state index in [1.54, 1.807) is 0 Å². The monoisotopic (exact) mass is 279 g/mol. The highest BCUT2D eigenvalue weighted by Gasteiger charge is 2.24. The van der Waals surface area contributed by atoms with Gasteiger partial charge in [-0.05, 0) is 50.9 Å². The number of likely N-dealkylation sites (tertiary alicyclic amines) is 1. The Morgan fingerprint density at radius 3 is 2.85 bits per heavy atom. The van der Waals surface area contributed by atoms with E-state index in [9.17, 15) is 9.59 Å². The molecule has 0 aromatic heterocycles. The van der Waals surface area contributed by atoms with Gasteiger partial charge in [-0.1, -0.05) is 11.6 Å². The molecule has 0 aromatic carbocycles. The number of hydrogen-bond acceptors (Lipinski definition) is 2. The molecule has 0 bridgehead atoms. The van der Waals surface area contributed by atoms with Crippen LogP contribution in [0.15, 0.2) is 11.6 Å². The van der Waals surface area contributed by atoms with Gasteiger partial charge in [-0.3, -0.25) is 9.59 Å². The second-order valence-electron chi connectivity index (χ2n) is 6.07. The van der Waals surface area contributed by atoms with Crippen LogP contribution in [0.1, 0.15) is 57.8 Å². The summed E-state index contributed by atoms with van der Waals surface area (Å²) in [4.78, 5) is 24.9. The molecular formula is C16H25NO3. The highest BCUT2D eigenvalue weighted by Crippen LogP contribution is 2.24. The van der Waals surface area contributed by atoms with Gasteiger partial charge in [0.25, 0.3) is 0 Å². The minimum Gasteiger partial charge on any atom is -0.481 e. The van der Waals surface area contributed by atoms with Crippen molar-refractivity contribution in [3.05, 3.63) is 11.6 Å². The molecule has 1 aliphatic heterocycles. The van der Waals surface area contributed by atoms with E-state index in [0.29, 0.717) is 18.8 Å². The second-order valence-corrected chi connectivity index (χ2v) is 6.07. The largest absolute Gasteiger partial charge is 0.481 e. The van der Waals surface area contributed by atoms with Gasteiger partial charge in [-0.15, -0.1) is 0 Å². The predicted octanol–water partition coefficient (Wildman–Crippen LogP) is 2.98. The zero-order valence-electron chi connectivity index (χ0n) is 12.1. The van der Waals surface area contributed by atoms with Crippen LogP contribution in [0, 0.1) is 5.92 Å². The third-order valence-electron chi connectivity index (χ3n) is 4.40. The summed E-state index contributed by atoms with van der Waals surface area (Å²) in [5.41, 5.74) is 1.30. The standard InChI is InChI=1S/C16H25NO3/c18-15(11-13-5-2-1-3-6-13)17-10-4-7-14(12-17)8-9-16(19)20/h5,14H,1-4,6-12H2,(H,19,20)/t14-/m0/s1. The summed E-state index contributed by atoms with van der Waals surface area (Å²) >= 11 is 0. The molecule has 2 rings (SSSR count). The summed E-state index contributed by atoms with van der Waals surface area (Å²) in [7, 11) is 0. The molecule has 0 radical (unpaired) electrons. The number of carbonyl (C=O) groups is 2. The summed E-state index contributed by atoms with van der Waals surface area (Å²) in [5.74, 6) is -0.136. The molecular weight excluding hydrogens is 254 g/mol. The van der Waals surface area contributed by atoms with Crippen molar-refractivity contribution in [1.82, 2.24) is 4.90 Å². The number of carboxylic acid groups (broad SMARTS) is 1. The number of carbonyl (C=O) groups excluding carboxylic acids is 1. The van der Waals surface area contributed by atoms with Crippen LogP contribution in [0.2, 0.25) is 0 Å². The fourth-order valence-electron chi connectivity index (χ4n) is 3.23. The summed E-state index contributed by atoms with van der Waals surface area (Å²) in [6.45, 7) is 1.59. The van der Waals surface area contributed by atoms with Gasteiger partial charge < -0.3 is 10.0 Å². The van der Waals surface area contributed by atoms with Crippen LogP contribution in [-0.4, -0.2) is 35.0 Å². The molecule has 1 heterocycles. The summed E-state index contributed by atoms with van der Waals surface area (Å²) in [5, 5.41) is 8.75. The molecule has 4 nitrogen and oxygen atoms in total. The number of aliphatic carboxylic acids is 1. The van der Waals surface area contributed by atoms with E-state index in [4.69, 9.17) is 5.11 Å². The molecule has 4 heteroatoms. The number of hydrogen-bond donors (Lipinski definition) is 1. The van der Waals surface area contributed by atoms with Crippen LogP contribution in [-0.2, 0) is 9.59 Å². The Hall–Kier alpha value is -1.32. The third-order valence-corrected chi connectivity index (χ3v) is 4.40. The highest BCUT2D eigenvalue weighted by molar-refractivity contribution is 5.78. The number of allylic oxidation sites excluding steroid dienone is 1. The molecule has 0 unspecified atom stereocenters. The van der Waals surface area contributed by atoms with Gasteiger partial charge in [0, 0.05) is 25.9 Å². The number of rotatable bonds is 5. The molecule has 1 N–H and O–H groups in total. The third kappa shape index (κ3) is 4.66. The van der Waals surface area contributed by atoms with Gasteiger partial charge in [-0.25, -0.2) is 0 Å². The fourth-order valence-corrected chi connectivity index (χ4v) is 3.23. The van der Waals surface area contributed by atoms with Gasteiger partial charge >= 0.3 is 5.97 Å². The minimum absolute atomic E-state index is 0.220. The van der Waals surface area contributed by atoms with Crippen molar-refractivity contribution in [3.8, 4) is 0 Å². The van der Waals surface area contributed by atoms with Crippen LogP contribution in [0.3, 0.4) is 0 Å². The highest BCUT2D eigenvalue weighted by atomic mass is 16.4. The van der Waals surface area contributed by atoms with Crippen molar-refractivity contribution < 1.29 is 14.7 Å². The van der Waals surface area contributed by atoms with Crippen LogP contribution in [0.5, 0.6) is 0 Å². The molecule has 1 amide bonds. The average molecular weight is 279 g/mol. The van der Waals surface area contributed by atoms with E-state index in [0.717, 1.165) is 38.8 Å². The lowest BCUT2D eigenvalue weighted by Gasteiger charge is -2.33. The molecule has 1 aliphatic carbocycles. The predicted molar refractivity (Wildman–Crippen MR) is 77.3 cm³/mol. The van der Waals surface area contributed by atoms with Crippen LogP contribution in [0.4, 0.5) is 0 Å². The number of nitrogens with zero attached hydrogens (tertiary/aromatic N) is 1. The van der Waals surface area contributed by atoms with Crippen molar-refractivity contribution >= 4 is 11.9 Å². The van der Waals surface area contributed by atoms with Gasteiger partial charge in [0.1, 0.15) is 0 Å². The lowest BCUT2D eigenvalue weighted by Crippen LogP contribution is -2.40. The molecule has 1 fully saturated rings. The van der Waals surface area contributed by atoms with E-state index in [2.05, 4.69) is 6.08 Å². The van der Waals surface area contributed by atoms with Crippen molar-refractivity contribution in [2.45, 2.75) is 57.8 Å². The topological polar surface area (TPSA) is 57.6 Å². The Morgan fingerprint density at radius 1 is 1.30 bits per heavy atom. The molecule has 1 saturated heterocycles. The van der Waals surface area contributed by atoms with Crippen molar-refractivity contribution in [3.63, 3.8) is 0 Å². The Balaban J connectivity index is 1.80. The molecule has 1 atom stereocenters. The number of piperidine rings is 1. The lowest BCUT2D eigenvalue weighted by atomic mass is 9.92. The SMILES string of the molecule is O=C(O)CC[C@@H]1CCCN(C(=O)CC2=CCCCC2)C1. The Morgan fingerprint density at radius 2 is 2.15 bits per heavy atom. The molecule has 112 valence electrons. The summed E-state index contributed by atoms with van der Waals surface area (Å²) in [6, 6.07) is 0. The molecule has 0 aromatic rings. The molecule has 2 aliphatic rings. The quantitative estimate of drug-likeness (QED) is 0.787. The number of amides is 1. The van der Waals surface area contributed by atoms with Crippen LogP contribution < -0.4 is 0 Å². The minimum atomic E-state index is -0.735. The zero-order valence-corrected chi connectivity index (χ0v) is 12.1. The van der Waals surface area contributed by atoms with Gasteiger partial charge in [0.05, 0.1) is 0 Å². The summed E-state index contributed by atoms with van der Waals surface area (Å²) < 4.78 is 0. The summed E-state index contributed by atoms with van der Waals surface area (Å²) in [6.07, 6.45) is 10.4. The van der Waals surface area contributed by atoms with E-state index in [1.165, 1.54) is 18.4 Å². The van der Waals surface area contributed by atoms with E-state index < -0.39 is 5.97 Å². The van der Waals surface area contributed by atoms with E-state index in [-0.39, 0.29) is 12.3 Å². The van der Waals surface area contributed by atoms with Gasteiger partial charge in [-0.2, -0.15) is 0 Å². The van der Waals surface area contributed by atoms with E-state index >= 15 is 0 Å². The van der Waals surface area contributed by atoms with Crippen LogP contribution in [0.25, 0.3) is 0 Å². The molecule has 20 heavy (non-hydrogen) atoms. The van der Waals surface area contributed by atoms with Gasteiger partial charge in [0.2, 0.25) is 5.91 Å².